The molecule has 0 amide bonds. The van der Waals surface area contributed by atoms with E-state index in [0.717, 1.165) is 4.88 Å². The molecule has 0 spiro atoms. The van der Waals surface area contributed by atoms with Gasteiger partial charge in [0.25, 0.3) is 5.56 Å². The second-order valence-electron chi connectivity index (χ2n) is 4.09. The SMILES string of the molecule is O=c1[nH]c2ccc(Cl)cc2c(=O)n1Cc1cccs1. The smallest absolute Gasteiger partial charge is 0.307 e. The van der Waals surface area contributed by atoms with Crippen LogP contribution in [0.25, 0.3) is 10.9 Å². The Morgan fingerprint density at radius 2 is 2.11 bits per heavy atom. The third kappa shape index (κ3) is 2.22. The summed E-state index contributed by atoms with van der Waals surface area (Å²) in [6, 6.07) is 8.62. The van der Waals surface area contributed by atoms with Crippen LogP contribution in [0.3, 0.4) is 0 Å². The lowest BCUT2D eigenvalue weighted by molar-refractivity contribution is 0.720. The number of thiophene rings is 1. The summed E-state index contributed by atoms with van der Waals surface area (Å²) in [5.41, 5.74) is -0.232. The summed E-state index contributed by atoms with van der Waals surface area (Å²) >= 11 is 7.39. The van der Waals surface area contributed by atoms with Crippen molar-refractivity contribution in [3.8, 4) is 0 Å². The van der Waals surface area contributed by atoms with E-state index in [9.17, 15) is 9.59 Å². The molecule has 0 radical (unpaired) electrons. The molecule has 0 fully saturated rings. The second kappa shape index (κ2) is 4.68. The standard InChI is InChI=1S/C13H9ClN2O2S/c14-8-3-4-11-10(6-8)12(17)16(13(18)15-11)7-9-2-1-5-19-9/h1-6H,7H2,(H,15,18). The van der Waals surface area contributed by atoms with Gasteiger partial charge in [-0.15, -0.1) is 11.3 Å². The fraction of sp³-hybridized carbons (Fsp3) is 0.0769. The van der Waals surface area contributed by atoms with E-state index in [-0.39, 0.29) is 12.1 Å². The van der Waals surface area contributed by atoms with E-state index in [1.54, 1.807) is 18.2 Å². The van der Waals surface area contributed by atoms with Crippen molar-refractivity contribution in [1.29, 1.82) is 0 Å². The maximum absolute atomic E-state index is 12.3. The maximum atomic E-state index is 12.3. The Balaban J connectivity index is 2.25. The zero-order valence-corrected chi connectivity index (χ0v) is 11.3. The molecule has 0 aliphatic heterocycles. The number of nitrogens with zero attached hydrogens (tertiary/aromatic N) is 1. The van der Waals surface area contributed by atoms with Gasteiger partial charge in [-0.25, -0.2) is 4.79 Å². The Labute approximate surface area is 116 Å². The van der Waals surface area contributed by atoms with Crippen LogP contribution in [-0.4, -0.2) is 9.55 Å². The van der Waals surface area contributed by atoms with Crippen LogP contribution in [-0.2, 0) is 6.54 Å². The Kier molecular flexibility index (Phi) is 3.00. The van der Waals surface area contributed by atoms with Crippen LogP contribution >= 0.6 is 22.9 Å². The number of aromatic nitrogens is 2. The van der Waals surface area contributed by atoms with Gasteiger partial charge in [0, 0.05) is 9.90 Å². The minimum atomic E-state index is -0.409. The van der Waals surface area contributed by atoms with Gasteiger partial charge >= 0.3 is 5.69 Å². The first-order valence-corrected chi connectivity index (χ1v) is 6.86. The van der Waals surface area contributed by atoms with Crippen LogP contribution in [0.2, 0.25) is 5.02 Å². The van der Waals surface area contributed by atoms with Crippen LogP contribution < -0.4 is 11.2 Å². The van der Waals surface area contributed by atoms with E-state index in [2.05, 4.69) is 4.98 Å². The van der Waals surface area contributed by atoms with Gasteiger partial charge in [-0.1, -0.05) is 17.7 Å². The van der Waals surface area contributed by atoms with Crippen molar-refractivity contribution in [2.24, 2.45) is 0 Å². The Hall–Kier alpha value is -1.85. The summed E-state index contributed by atoms with van der Waals surface area (Å²) in [7, 11) is 0. The third-order valence-corrected chi connectivity index (χ3v) is 3.93. The molecule has 0 atom stereocenters. The summed E-state index contributed by atoms with van der Waals surface area (Å²) < 4.78 is 1.19. The van der Waals surface area contributed by atoms with Crippen LogP contribution in [0.4, 0.5) is 0 Å². The average molecular weight is 293 g/mol. The molecule has 0 aliphatic carbocycles. The third-order valence-electron chi connectivity index (χ3n) is 2.84. The number of hydrogen-bond donors (Lipinski definition) is 1. The number of benzene rings is 1. The monoisotopic (exact) mass is 292 g/mol. The summed E-state index contributed by atoms with van der Waals surface area (Å²) in [5, 5.41) is 2.80. The molecule has 1 N–H and O–H groups in total. The highest BCUT2D eigenvalue weighted by Gasteiger charge is 2.08. The predicted octanol–water partition coefficient (Wildman–Crippen LogP) is 2.45. The van der Waals surface area contributed by atoms with Crippen LogP contribution in [0.15, 0.2) is 45.3 Å². The lowest BCUT2D eigenvalue weighted by atomic mass is 10.2. The van der Waals surface area contributed by atoms with Crippen molar-refractivity contribution in [1.82, 2.24) is 9.55 Å². The molecule has 96 valence electrons. The van der Waals surface area contributed by atoms with Crippen molar-refractivity contribution < 1.29 is 0 Å². The number of rotatable bonds is 2. The maximum Gasteiger partial charge on any atom is 0.329 e. The van der Waals surface area contributed by atoms with E-state index in [4.69, 9.17) is 11.6 Å². The van der Waals surface area contributed by atoms with Gasteiger partial charge in [0.1, 0.15) is 0 Å². The zero-order chi connectivity index (χ0) is 13.4. The first kappa shape index (κ1) is 12.2. The quantitative estimate of drug-likeness (QED) is 0.789. The molecule has 1 aromatic carbocycles. The van der Waals surface area contributed by atoms with Gasteiger partial charge in [0.05, 0.1) is 17.4 Å². The molecule has 4 nitrogen and oxygen atoms in total. The largest absolute Gasteiger partial charge is 0.329 e. The van der Waals surface area contributed by atoms with Gasteiger partial charge < -0.3 is 4.98 Å². The minimum Gasteiger partial charge on any atom is -0.307 e. The van der Waals surface area contributed by atoms with Crippen LogP contribution in [0, 0.1) is 0 Å². The van der Waals surface area contributed by atoms with Gasteiger partial charge in [0.2, 0.25) is 0 Å². The molecular weight excluding hydrogens is 284 g/mol. The number of halogens is 1. The number of H-pyrrole nitrogens is 1. The molecular formula is C13H9ClN2O2S. The lowest BCUT2D eigenvalue weighted by Gasteiger charge is -2.05. The predicted molar refractivity (Wildman–Crippen MR) is 77.3 cm³/mol. The van der Waals surface area contributed by atoms with Crippen molar-refractivity contribution in [3.63, 3.8) is 0 Å². The summed E-state index contributed by atoms with van der Waals surface area (Å²) in [5.74, 6) is 0. The minimum absolute atomic E-state index is 0.272. The van der Waals surface area contributed by atoms with Crippen LogP contribution in [0.5, 0.6) is 0 Å². The van der Waals surface area contributed by atoms with Gasteiger partial charge in [-0.2, -0.15) is 0 Å². The van der Waals surface area contributed by atoms with Crippen molar-refractivity contribution >= 4 is 33.8 Å². The van der Waals surface area contributed by atoms with E-state index in [1.807, 2.05) is 17.5 Å². The highest BCUT2D eigenvalue weighted by Crippen LogP contribution is 2.14. The fourth-order valence-electron chi connectivity index (χ4n) is 1.92. The van der Waals surface area contributed by atoms with Crippen molar-refractivity contribution in [3.05, 3.63) is 66.4 Å². The Morgan fingerprint density at radius 3 is 2.84 bits per heavy atom. The Morgan fingerprint density at radius 1 is 1.26 bits per heavy atom. The van der Waals surface area contributed by atoms with Gasteiger partial charge in [-0.05, 0) is 29.6 Å². The number of aromatic amines is 1. The summed E-state index contributed by atoms with van der Waals surface area (Å²) in [6.07, 6.45) is 0. The van der Waals surface area contributed by atoms with Crippen LogP contribution in [0.1, 0.15) is 4.88 Å². The molecule has 19 heavy (non-hydrogen) atoms. The zero-order valence-electron chi connectivity index (χ0n) is 9.72. The molecule has 2 heterocycles. The van der Waals surface area contributed by atoms with E-state index < -0.39 is 5.69 Å². The van der Waals surface area contributed by atoms with Crippen molar-refractivity contribution in [2.45, 2.75) is 6.54 Å². The van der Waals surface area contributed by atoms with E-state index in [0.29, 0.717) is 15.9 Å². The van der Waals surface area contributed by atoms with Gasteiger partial charge in [0.15, 0.2) is 0 Å². The number of nitrogens with one attached hydrogen (secondary N) is 1. The van der Waals surface area contributed by atoms with E-state index >= 15 is 0 Å². The molecule has 0 saturated carbocycles. The molecule has 3 aromatic rings. The van der Waals surface area contributed by atoms with E-state index in [1.165, 1.54) is 15.9 Å². The normalized spacial score (nSPS) is 11.0. The molecule has 0 saturated heterocycles. The Bertz CT molecular complexity index is 849. The lowest BCUT2D eigenvalue weighted by Crippen LogP contribution is -2.35. The number of hydrogen-bond acceptors (Lipinski definition) is 3. The van der Waals surface area contributed by atoms with Gasteiger partial charge in [-0.3, -0.25) is 9.36 Å². The first-order chi connectivity index (χ1) is 9.15. The molecule has 2 aromatic heterocycles. The summed E-state index contributed by atoms with van der Waals surface area (Å²) in [4.78, 5) is 27.9. The number of fused-ring (bicyclic) bond motifs is 1. The molecule has 0 bridgehead atoms. The highest BCUT2D eigenvalue weighted by molar-refractivity contribution is 7.09. The fourth-order valence-corrected chi connectivity index (χ4v) is 2.79. The molecule has 3 rings (SSSR count). The molecule has 0 unspecified atom stereocenters. The summed E-state index contributed by atoms with van der Waals surface area (Å²) in [6.45, 7) is 0.272. The van der Waals surface area contributed by atoms with Crippen molar-refractivity contribution in [2.75, 3.05) is 0 Å². The average Bonchev–Trinajstić information content (AvgIpc) is 2.89. The topological polar surface area (TPSA) is 54.9 Å². The first-order valence-electron chi connectivity index (χ1n) is 5.60. The molecule has 0 aliphatic rings. The highest BCUT2D eigenvalue weighted by atomic mass is 35.5. The second-order valence-corrected chi connectivity index (χ2v) is 5.56. The molecule has 6 heteroatoms.